The minimum Gasteiger partial charge on any atom is -0.360 e. The summed E-state index contributed by atoms with van der Waals surface area (Å²) in [5, 5.41) is 6.39. The van der Waals surface area contributed by atoms with Crippen LogP contribution in [-0.2, 0) is 21.2 Å². The van der Waals surface area contributed by atoms with E-state index >= 15 is 0 Å². The first-order chi connectivity index (χ1) is 12.4. The highest BCUT2D eigenvalue weighted by Gasteiger charge is 2.30. The minimum absolute atomic E-state index is 0.193. The number of aromatic nitrogens is 1. The van der Waals surface area contributed by atoms with E-state index in [4.69, 9.17) is 4.52 Å². The topological polar surface area (TPSA) is 95.8 Å². The van der Waals surface area contributed by atoms with Gasteiger partial charge in [-0.2, -0.15) is 4.31 Å². The van der Waals surface area contributed by atoms with Crippen molar-refractivity contribution in [2.24, 2.45) is 0 Å². The molecule has 1 amide bonds. The Morgan fingerprint density at radius 1 is 1.31 bits per heavy atom. The van der Waals surface area contributed by atoms with Crippen molar-refractivity contribution in [2.45, 2.75) is 24.5 Å². The number of piperazine rings is 1. The molecule has 0 spiro atoms. The second-order valence-corrected chi connectivity index (χ2v) is 9.46. The first kappa shape index (κ1) is 19.0. The van der Waals surface area contributed by atoms with Gasteiger partial charge in [0.2, 0.25) is 5.91 Å². The molecule has 2 aromatic rings. The maximum atomic E-state index is 12.7. The van der Waals surface area contributed by atoms with Crippen LogP contribution in [0.2, 0.25) is 0 Å². The van der Waals surface area contributed by atoms with E-state index in [2.05, 4.69) is 10.5 Å². The van der Waals surface area contributed by atoms with Gasteiger partial charge in [0, 0.05) is 37.1 Å². The Balaban J connectivity index is 1.52. The number of thiophene rings is 1. The molecule has 26 heavy (non-hydrogen) atoms. The zero-order chi connectivity index (χ0) is 18.7. The van der Waals surface area contributed by atoms with Gasteiger partial charge < -0.3 is 9.84 Å². The molecule has 3 heterocycles. The van der Waals surface area contributed by atoms with E-state index in [-0.39, 0.29) is 12.5 Å². The van der Waals surface area contributed by atoms with Crippen LogP contribution in [0.5, 0.6) is 0 Å². The molecule has 142 valence electrons. The highest BCUT2D eigenvalue weighted by molar-refractivity contribution is 7.91. The smallest absolute Gasteiger partial charge is 0.252 e. The van der Waals surface area contributed by atoms with Crippen molar-refractivity contribution < 1.29 is 17.7 Å². The van der Waals surface area contributed by atoms with E-state index in [0.29, 0.717) is 42.0 Å². The van der Waals surface area contributed by atoms with Crippen molar-refractivity contribution in [3.8, 4) is 0 Å². The van der Waals surface area contributed by atoms with E-state index in [1.54, 1.807) is 19.1 Å². The van der Waals surface area contributed by atoms with Gasteiger partial charge in [-0.05, 0) is 25.5 Å². The van der Waals surface area contributed by atoms with E-state index in [9.17, 15) is 13.2 Å². The lowest BCUT2D eigenvalue weighted by atomic mass is 10.3. The van der Waals surface area contributed by atoms with Crippen molar-refractivity contribution in [1.82, 2.24) is 14.4 Å². The summed E-state index contributed by atoms with van der Waals surface area (Å²) in [6, 6.07) is 5.19. The Morgan fingerprint density at radius 3 is 2.62 bits per heavy atom. The van der Waals surface area contributed by atoms with Gasteiger partial charge in [-0.25, -0.2) is 8.42 Å². The number of hydrogen-bond donors (Lipinski definition) is 1. The Morgan fingerprint density at radius 2 is 2.04 bits per heavy atom. The van der Waals surface area contributed by atoms with Gasteiger partial charge in [-0.15, -0.1) is 11.3 Å². The number of anilines is 1. The second kappa shape index (κ2) is 7.87. The van der Waals surface area contributed by atoms with Crippen molar-refractivity contribution in [1.29, 1.82) is 0 Å². The highest BCUT2D eigenvalue weighted by atomic mass is 32.2. The summed E-state index contributed by atoms with van der Waals surface area (Å²) in [4.78, 5) is 15.0. The number of hydrogen-bond acceptors (Lipinski definition) is 7. The lowest BCUT2D eigenvalue weighted by Crippen LogP contribution is -2.50. The Labute approximate surface area is 156 Å². The van der Waals surface area contributed by atoms with Crippen LogP contribution in [0, 0.1) is 6.92 Å². The summed E-state index contributed by atoms with van der Waals surface area (Å²) in [5.41, 5.74) is 0. The number of nitrogens with one attached hydrogen (secondary N) is 1. The third-order valence-corrected chi connectivity index (χ3v) is 7.77. The summed E-state index contributed by atoms with van der Waals surface area (Å²) in [5.74, 6) is 0.817. The molecule has 1 N–H and O–H groups in total. The van der Waals surface area contributed by atoms with Crippen LogP contribution in [-0.4, -0.2) is 61.4 Å². The average molecular weight is 399 g/mol. The second-order valence-electron chi connectivity index (χ2n) is 6.13. The Bertz CT molecular complexity index is 866. The molecule has 1 fully saturated rings. The third kappa shape index (κ3) is 4.32. The fraction of sp³-hybridized carbons (Fsp3) is 0.500. The predicted molar refractivity (Wildman–Crippen MR) is 98.8 cm³/mol. The quantitative estimate of drug-likeness (QED) is 0.793. The maximum absolute atomic E-state index is 12.7. The van der Waals surface area contributed by atoms with Gasteiger partial charge in [0.25, 0.3) is 10.0 Å². The summed E-state index contributed by atoms with van der Waals surface area (Å²) in [6.07, 6.45) is 0.828. The van der Waals surface area contributed by atoms with Crippen LogP contribution in [0.1, 0.15) is 17.6 Å². The molecule has 2 aromatic heterocycles. The van der Waals surface area contributed by atoms with Crippen LogP contribution < -0.4 is 5.32 Å². The van der Waals surface area contributed by atoms with Crippen LogP contribution in [0.3, 0.4) is 0 Å². The highest BCUT2D eigenvalue weighted by Crippen LogP contribution is 2.26. The summed E-state index contributed by atoms with van der Waals surface area (Å²) in [7, 11) is -3.45. The van der Waals surface area contributed by atoms with Gasteiger partial charge >= 0.3 is 0 Å². The number of carbonyl (C=O) groups is 1. The fourth-order valence-corrected chi connectivity index (χ4v) is 5.62. The SMILES string of the molecule is CCc1ccc(S(=O)(=O)N2CCN(CC(=O)Nc3cc(C)on3)CC2)s1. The van der Waals surface area contributed by atoms with Gasteiger partial charge in [-0.3, -0.25) is 9.69 Å². The van der Waals surface area contributed by atoms with Crippen LogP contribution in [0.25, 0.3) is 0 Å². The first-order valence-corrected chi connectivity index (χ1v) is 10.7. The molecule has 0 atom stereocenters. The number of carbonyl (C=O) groups excluding carboxylic acids is 1. The van der Waals surface area contributed by atoms with Crippen molar-refractivity contribution in [3.63, 3.8) is 0 Å². The molecule has 1 saturated heterocycles. The predicted octanol–water partition coefficient (Wildman–Crippen LogP) is 1.55. The van der Waals surface area contributed by atoms with E-state index in [0.717, 1.165) is 11.3 Å². The molecular weight excluding hydrogens is 376 g/mol. The van der Waals surface area contributed by atoms with E-state index < -0.39 is 10.0 Å². The minimum atomic E-state index is -3.45. The van der Waals surface area contributed by atoms with E-state index in [1.807, 2.05) is 17.9 Å². The molecule has 1 aliphatic heterocycles. The van der Waals surface area contributed by atoms with Crippen LogP contribution >= 0.6 is 11.3 Å². The molecule has 0 aromatic carbocycles. The lowest BCUT2D eigenvalue weighted by molar-refractivity contribution is -0.117. The largest absolute Gasteiger partial charge is 0.360 e. The molecular formula is C16H22N4O4S2. The number of amides is 1. The average Bonchev–Trinajstić information content (AvgIpc) is 3.24. The monoisotopic (exact) mass is 398 g/mol. The summed E-state index contributed by atoms with van der Waals surface area (Å²) in [6.45, 7) is 5.72. The van der Waals surface area contributed by atoms with Crippen molar-refractivity contribution in [2.75, 3.05) is 38.0 Å². The van der Waals surface area contributed by atoms with Crippen molar-refractivity contribution in [3.05, 3.63) is 28.8 Å². The summed E-state index contributed by atoms with van der Waals surface area (Å²) < 4.78 is 32.2. The molecule has 0 saturated carbocycles. The lowest BCUT2D eigenvalue weighted by Gasteiger charge is -2.33. The maximum Gasteiger partial charge on any atom is 0.252 e. The van der Waals surface area contributed by atoms with Crippen LogP contribution in [0.4, 0.5) is 5.82 Å². The molecule has 0 radical (unpaired) electrons. The number of nitrogens with zero attached hydrogens (tertiary/aromatic N) is 3. The number of sulfonamides is 1. The third-order valence-electron chi connectivity index (χ3n) is 4.17. The number of aryl methyl sites for hydroxylation is 2. The molecule has 0 aliphatic carbocycles. The molecule has 8 nitrogen and oxygen atoms in total. The van der Waals surface area contributed by atoms with E-state index in [1.165, 1.54) is 15.6 Å². The molecule has 1 aliphatic rings. The summed E-state index contributed by atoms with van der Waals surface area (Å²) >= 11 is 1.32. The van der Waals surface area contributed by atoms with Crippen LogP contribution in [0.15, 0.2) is 26.9 Å². The fourth-order valence-electron chi connectivity index (χ4n) is 2.75. The zero-order valence-corrected chi connectivity index (χ0v) is 16.4. The molecule has 0 bridgehead atoms. The zero-order valence-electron chi connectivity index (χ0n) is 14.8. The molecule has 0 unspecified atom stereocenters. The van der Waals surface area contributed by atoms with Crippen molar-refractivity contribution >= 4 is 33.1 Å². The van der Waals surface area contributed by atoms with Gasteiger partial charge in [0.1, 0.15) is 9.97 Å². The standard InChI is InChI=1S/C16H22N4O4S2/c1-3-13-4-5-16(25-13)26(22,23)20-8-6-19(7-9-20)11-15(21)17-14-10-12(2)24-18-14/h4-5,10H,3,6-9,11H2,1-2H3,(H,17,18,21). The molecule has 3 rings (SSSR count). The Kier molecular flexibility index (Phi) is 5.76. The van der Waals surface area contributed by atoms with Gasteiger partial charge in [0.05, 0.1) is 6.54 Å². The van der Waals surface area contributed by atoms with Gasteiger partial charge in [0.15, 0.2) is 5.82 Å². The number of rotatable bonds is 6. The normalized spacial score (nSPS) is 16.7. The van der Waals surface area contributed by atoms with Gasteiger partial charge in [-0.1, -0.05) is 12.1 Å². The Hall–Kier alpha value is -1.75. The molecule has 10 heteroatoms. The first-order valence-electron chi connectivity index (χ1n) is 8.43.